The van der Waals surface area contributed by atoms with Gasteiger partial charge in [0.2, 0.25) is 0 Å². The Kier molecular flexibility index (Phi) is 3.31. The summed E-state index contributed by atoms with van der Waals surface area (Å²) in [6.07, 6.45) is 1.23. The van der Waals surface area contributed by atoms with Crippen LogP contribution < -0.4 is 0 Å². The Morgan fingerprint density at radius 3 is 2.15 bits per heavy atom. The van der Waals surface area contributed by atoms with E-state index in [1.165, 1.54) is 7.11 Å². The van der Waals surface area contributed by atoms with Crippen LogP contribution in [0.2, 0.25) is 0 Å². The third kappa shape index (κ3) is 2.21. The van der Waals surface area contributed by atoms with Crippen molar-refractivity contribution in [3.8, 4) is 0 Å². The van der Waals surface area contributed by atoms with Crippen LogP contribution in [-0.4, -0.2) is 24.3 Å². The second-order valence-corrected chi connectivity index (χ2v) is 4.14. The van der Waals surface area contributed by atoms with E-state index in [0.29, 0.717) is 0 Å². The fraction of sp³-hybridized carbons (Fsp3) is 0.900. The number of hydrogen-bond acceptors (Lipinski definition) is 3. The zero-order valence-corrected chi connectivity index (χ0v) is 8.49. The summed E-state index contributed by atoms with van der Waals surface area (Å²) in [5.41, 5.74) is 0. The van der Waals surface area contributed by atoms with E-state index in [9.17, 15) is 9.90 Å². The fourth-order valence-corrected chi connectivity index (χ4v) is 2.19. The standard InChI is InChI=1S/C10H18O3/c1-6-4-8(10(12)13-3)5-7(2)9(6)11/h6-9,11H,4-5H2,1-3H3. The molecule has 0 amide bonds. The fourth-order valence-electron chi connectivity index (χ4n) is 2.19. The molecule has 0 saturated heterocycles. The Hall–Kier alpha value is -0.570. The van der Waals surface area contributed by atoms with E-state index in [-0.39, 0.29) is 29.8 Å². The summed E-state index contributed by atoms with van der Waals surface area (Å²) in [7, 11) is 1.42. The molecule has 1 aliphatic rings. The largest absolute Gasteiger partial charge is 0.469 e. The molecule has 0 spiro atoms. The number of aliphatic hydroxyl groups excluding tert-OH is 1. The smallest absolute Gasteiger partial charge is 0.308 e. The van der Waals surface area contributed by atoms with Crippen molar-refractivity contribution in [2.45, 2.75) is 32.8 Å². The van der Waals surface area contributed by atoms with Gasteiger partial charge in [0.15, 0.2) is 0 Å². The Labute approximate surface area is 79.1 Å². The number of methoxy groups -OCH3 is 1. The van der Waals surface area contributed by atoms with Crippen molar-refractivity contribution in [1.29, 1.82) is 0 Å². The number of carbonyl (C=O) groups is 1. The summed E-state index contributed by atoms with van der Waals surface area (Å²) in [5.74, 6) is 0.254. The molecule has 13 heavy (non-hydrogen) atoms. The average Bonchev–Trinajstić information content (AvgIpc) is 2.12. The first kappa shape index (κ1) is 10.5. The zero-order chi connectivity index (χ0) is 10.0. The van der Waals surface area contributed by atoms with Crippen molar-refractivity contribution in [3.05, 3.63) is 0 Å². The molecule has 2 unspecified atom stereocenters. The van der Waals surface area contributed by atoms with Gasteiger partial charge in [0, 0.05) is 0 Å². The molecule has 0 radical (unpaired) electrons. The summed E-state index contributed by atoms with van der Waals surface area (Å²) >= 11 is 0. The van der Waals surface area contributed by atoms with Gasteiger partial charge in [-0.1, -0.05) is 13.8 Å². The Bertz CT molecular complexity index is 179. The SMILES string of the molecule is COC(=O)C1CC(C)C(O)C(C)C1. The van der Waals surface area contributed by atoms with E-state index in [1.807, 2.05) is 13.8 Å². The topological polar surface area (TPSA) is 46.5 Å². The molecule has 1 saturated carbocycles. The van der Waals surface area contributed by atoms with Crippen LogP contribution in [0.4, 0.5) is 0 Å². The van der Waals surface area contributed by atoms with Crippen LogP contribution in [0.3, 0.4) is 0 Å². The van der Waals surface area contributed by atoms with Gasteiger partial charge in [0.1, 0.15) is 0 Å². The molecule has 0 aromatic heterocycles. The summed E-state index contributed by atoms with van der Waals surface area (Å²) in [6.45, 7) is 3.96. The third-order valence-corrected chi connectivity index (χ3v) is 3.01. The Morgan fingerprint density at radius 2 is 1.77 bits per heavy atom. The van der Waals surface area contributed by atoms with Crippen LogP contribution in [0, 0.1) is 17.8 Å². The zero-order valence-electron chi connectivity index (χ0n) is 8.49. The van der Waals surface area contributed by atoms with Crippen LogP contribution in [-0.2, 0) is 9.53 Å². The summed E-state index contributed by atoms with van der Waals surface area (Å²) in [4.78, 5) is 11.3. The third-order valence-electron chi connectivity index (χ3n) is 3.01. The predicted octanol–water partition coefficient (Wildman–Crippen LogP) is 1.20. The van der Waals surface area contributed by atoms with Crippen molar-refractivity contribution in [1.82, 2.24) is 0 Å². The highest BCUT2D eigenvalue weighted by Crippen LogP contribution is 2.33. The van der Waals surface area contributed by atoms with Crippen LogP contribution in [0.15, 0.2) is 0 Å². The number of ether oxygens (including phenoxy) is 1. The highest BCUT2D eigenvalue weighted by atomic mass is 16.5. The van der Waals surface area contributed by atoms with E-state index in [4.69, 9.17) is 4.74 Å². The van der Waals surface area contributed by atoms with Crippen molar-refractivity contribution in [3.63, 3.8) is 0 Å². The molecule has 1 aliphatic carbocycles. The number of hydrogen-bond donors (Lipinski definition) is 1. The summed E-state index contributed by atoms with van der Waals surface area (Å²) in [5, 5.41) is 9.67. The molecule has 0 aliphatic heterocycles. The van der Waals surface area contributed by atoms with Gasteiger partial charge in [-0.05, 0) is 24.7 Å². The molecule has 2 atom stereocenters. The van der Waals surface area contributed by atoms with Gasteiger partial charge in [-0.3, -0.25) is 4.79 Å². The molecule has 1 N–H and O–H groups in total. The molecule has 0 aromatic carbocycles. The maximum absolute atomic E-state index is 11.3. The highest BCUT2D eigenvalue weighted by molar-refractivity contribution is 5.72. The number of carbonyl (C=O) groups excluding carboxylic acids is 1. The molecule has 0 bridgehead atoms. The molecular formula is C10H18O3. The highest BCUT2D eigenvalue weighted by Gasteiger charge is 2.35. The molecule has 1 fully saturated rings. The van der Waals surface area contributed by atoms with E-state index >= 15 is 0 Å². The quantitative estimate of drug-likeness (QED) is 0.626. The minimum atomic E-state index is -0.263. The lowest BCUT2D eigenvalue weighted by molar-refractivity contribution is -0.149. The van der Waals surface area contributed by atoms with Gasteiger partial charge in [-0.25, -0.2) is 0 Å². The van der Waals surface area contributed by atoms with Gasteiger partial charge in [0.05, 0.1) is 19.1 Å². The number of rotatable bonds is 1. The molecule has 3 heteroatoms. The average molecular weight is 186 g/mol. The molecule has 76 valence electrons. The van der Waals surface area contributed by atoms with Crippen molar-refractivity contribution >= 4 is 5.97 Å². The second kappa shape index (κ2) is 4.09. The van der Waals surface area contributed by atoms with Gasteiger partial charge in [0.25, 0.3) is 0 Å². The maximum Gasteiger partial charge on any atom is 0.308 e. The Balaban J connectivity index is 2.58. The second-order valence-electron chi connectivity index (χ2n) is 4.14. The summed E-state index contributed by atoms with van der Waals surface area (Å²) in [6, 6.07) is 0. The molecular weight excluding hydrogens is 168 g/mol. The van der Waals surface area contributed by atoms with E-state index < -0.39 is 0 Å². The number of esters is 1. The van der Waals surface area contributed by atoms with Crippen molar-refractivity contribution < 1.29 is 14.6 Å². The first-order valence-corrected chi connectivity index (χ1v) is 4.82. The summed E-state index contributed by atoms with van der Waals surface area (Å²) < 4.78 is 4.70. The van der Waals surface area contributed by atoms with Crippen LogP contribution in [0.25, 0.3) is 0 Å². The van der Waals surface area contributed by atoms with Crippen molar-refractivity contribution in [2.24, 2.45) is 17.8 Å². The lowest BCUT2D eigenvalue weighted by atomic mass is 9.74. The monoisotopic (exact) mass is 186 g/mol. The van der Waals surface area contributed by atoms with Crippen LogP contribution >= 0.6 is 0 Å². The normalized spacial score (nSPS) is 40.0. The molecule has 1 rings (SSSR count). The molecule has 0 heterocycles. The minimum Gasteiger partial charge on any atom is -0.469 e. The maximum atomic E-state index is 11.3. The minimum absolute atomic E-state index is 0.0154. The lowest BCUT2D eigenvalue weighted by Gasteiger charge is -2.34. The van der Waals surface area contributed by atoms with Crippen LogP contribution in [0.1, 0.15) is 26.7 Å². The van der Waals surface area contributed by atoms with Gasteiger partial charge in [-0.15, -0.1) is 0 Å². The first-order valence-electron chi connectivity index (χ1n) is 4.82. The van der Waals surface area contributed by atoms with Gasteiger partial charge < -0.3 is 9.84 Å². The predicted molar refractivity (Wildman–Crippen MR) is 49.1 cm³/mol. The van der Waals surface area contributed by atoms with E-state index in [2.05, 4.69) is 0 Å². The van der Waals surface area contributed by atoms with Crippen molar-refractivity contribution in [2.75, 3.05) is 7.11 Å². The van der Waals surface area contributed by atoms with Crippen LogP contribution in [0.5, 0.6) is 0 Å². The molecule has 3 nitrogen and oxygen atoms in total. The van der Waals surface area contributed by atoms with Gasteiger partial charge >= 0.3 is 5.97 Å². The number of aliphatic hydroxyl groups is 1. The van der Waals surface area contributed by atoms with E-state index in [1.54, 1.807) is 0 Å². The Morgan fingerprint density at radius 1 is 1.31 bits per heavy atom. The molecule has 0 aromatic rings. The first-order chi connectivity index (χ1) is 6.06. The lowest BCUT2D eigenvalue weighted by Crippen LogP contribution is -2.37. The van der Waals surface area contributed by atoms with Gasteiger partial charge in [-0.2, -0.15) is 0 Å². The van der Waals surface area contributed by atoms with E-state index in [0.717, 1.165) is 12.8 Å².